The van der Waals surface area contributed by atoms with Gasteiger partial charge in [0, 0.05) is 13.0 Å². The molecular weight excluding hydrogens is 454 g/mol. The van der Waals surface area contributed by atoms with Crippen molar-refractivity contribution in [3.05, 3.63) is 12.2 Å². The van der Waals surface area contributed by atoms with Gasteiger partial charge in [0.15, 0.2) is 0 Å². The van der Waals surface area contributed by atoms with Crippen LogP contribution in [-0.4, -0.2) is 70.8 Å². The van der Waals surface area contributed by atoms with Gasteiger partial charge in [-0.15, -0.1) is 0 Å². The van der Waals surface area contributed by atoms with Crippen LogP contribution in [0.15, 0.2) is 12.2 Å². The molecule has 0 unspecified atom stereocenters. The van der Waals surface area contributed by atoms with Crippen LogP contribution in [0.1, 0.15) is 72.6 Å². The number of esters is 1. The number of nitrogens with two attached hydrogens (primary N) is 1. The van der Waals surface area contributed by atoms with E-state index in [0.29, 0.717) is 19.4 Å². The van der Waals surface area contributed by atoms with E-state index in [1.54, 1.807) is 27.7 Å². The number of aliphatic hydroxyl groups is 1. The Hall–Kier alpha value is -2.62. The summed E-state index contributed by atoms with van der Waals surface area (Å²) < 4.78 is 10.3. The maximum absolute atomic E-state index is 13.2. The number of alkyl carbamates (subject to hydrolysis) is 1. The van der Waals surface area contributed by atoms with Crippen molar-refractivity contribution in [2.45, 2.75) is 96.4 Å². The monoisotopic (exact) mass is 495 g/mol. The lowest BCUT2D eigenvalue weighted by atomic mass is 10.0. The summed E-state index contributed by atoms with van der Waals surface area (Å²) in [6, 6.07) is -1.78. The molecule has 1 aliphatic heterocycles. The minimum absolute atomic E-state index is 0.00229. The van der Waals surface area contributed by atoms with Crippen LogP contribution in [0.25, 0.3) is 0 Å². The van der Waals surface area contributed by atoms with Gasteiger partial charge in [-0.05, 0) is 59.3 Å². The van der Waals surface area contributed by atoms with Crippen molar-refractivity contribution in [1.82, 2.24) is 10.2 Å². The third kappa shape index (κ3) is 9.51. The van der Waals surface area contributed by atoms with Gasteiger partial charge in [-0.3, -0.25) is 14.4 Å². The number of hydrogen-bond donors (Lipinski definition) is 3. The van der Waals surface area contributed by atoms with Crippen LogP contribution < -0.4 is 11.1 Å². The molecule has 198 valence electrons. The first-order chi connectivity index (χ1) is 16.4. The van der Waals surface area contributed by atoms with Crippen LogP contribution in [0.2, 0.25) is 0 Å². The summed E-state index contributed by atoms with van der Waals surface area (Å²) in [6.45, 7) is 7.39. The molecule has 1 heterocycles. The number of unbranched alkanes of at least 4 members (excludes halogenated alkanes) is 3. The smallest absolute Gasteiger partial charge is 0.408 e. The molecule has 0 spiro atoms. The summed E-state index contributed by atoms with van der Waals surface area (Å²) in [5.41, 5.74) is 4.69. The summed E-state index contributed by atoms with van der Waals surface area (Å²) in [5.74, 6) is -0.999. The van der Waals surface area contributed by atoms with Crippen molar-refractivity contribution in [2.75, 3.05) is 13.2 Å². The van der Waals surface area contributed by atoms with Crippen molar-refractivity contribution < 1.29 is 33.8 Å². The number of carbonyl (C=O) groups is 4. The maximum atomic E-state index is 13.2. The predicted octanol–water partition coefficient (Wildman–Crippen LogP) is 2.03. The first kappa shape index (κ1) is 28.6. The van der Waals surface area contributed by atoms with Crippen LogP contribution in [0.3, 0.4) is 0 Å². The first-order valence-electron chi connectivity index (χ1n) is 12.5. The van der Waals surface area contributed by atoms with Gasteiger partial charge < -0.3 is 30.5 Å². The van der Waals surface area contributed by atoms with Gasteiger partial charge >= 0.3 is 12.1 Å². The summed E-state index contributed by atoms with van der Waals surface area (Å²) >= 11 is 0. The molecule has 0 aromatic carbocycles. The fraction of sp³-hybridized carbons (Fsp3) is 0.760. The van der Waals surface area contributed by atoms with Crippen molar-refractivity contribution in [2.24, 2.45) is 17.6 Å². The van der Waals surface area contributed by atoms with Crippen LogP contribution in [0.5, 0.6) is 0 Å². The number of nitrogens with zero attached hydrogens (tertiary/aromatic N) is 1. The Morgan fingerprint density at radius 2 is 1.89 bits per heavy atom. The van der Waals surface area contributed by atoms with E-state index in [-0.39, 0.29) is 30.8 Å². The Balaban J connectivity index is 1.84. The van der Waals surface area contributed by atoms with E-state index in [4.69, 9.17) is 15.2 Å². The molecule has 2 rings (SSSR count). The minimum Gasteiger partial charge on any atom is -0.466 e. The van der Waals surface area contributed by atoms with Gasteiger partial charge in [0.05, 0.1) is 18.6 Å². The van der Waals surface area contributed by atoms with Crippen molar-refractivity contribution in [1.29, 1.82) is 0 Å². The zero-order valence-corrected chi connectivity index (χ0v) is 21.3. The van der Waals surface area contributed by atoms with Crippen LogP contribution in [-0.2, 0) is 23.9 Å². The van der Waals surface area contributed by atoms with Gasteiger partial charge in [-0.25, -0.2) is 4.79 Å². The second-order valence-corrected chi connectivity index (χ2v) is 10.3. The molecule has 4 N–H and O–H groups in total. The number of allylic oxidation sites excluding steroid dienone is 2. The molecule has 10 nitrogen and oxygen atoms in total. The molecule has 1 saturated carbocycles. The van der Waals surface area contributed by atoms with E-state index in [9.17, 15) is 24.3 Å². The van der Waals surface area contributed by atoms with E-state index >= 15 is 0 Å². The number of rotatable bonds is 12. The average molecular weight is 496 g/mol. The molecule has 0 radical (unpaired) electrons. The van der Waals surface area contributed by atoms with Gasteiger partial charge in [0.25, 0.3) is 0 Å². The van der Waals surface area contributed by atoms with Gasteiger partial charge in [-0.1, -0.05) is 25.0 Å². The summed E-state index contributed by atoms with van der Waals surface area (Å²) in [6.07, 6.45) is 7.15. The van der Waals surface area contributed by atoms with E-state index < -0.39 is 41.7 Å². The Kier molecular flexibility index (Phi) is 10.5. The zero-order valence-electron chi connectivity index (χ0n) is 21.3. The Morgan fingerprint density at radius 1 is 1.17 bits per heavy atom. The fourth-order valence-electron chi connectivity index (χ4n) is 4.24. The van der Waals surface area contributed by atoms with E-state index in [1.807, 2.05) is 0 Å². The molecule has 1 saturated heterocycles. The highest BCUT2D eigenvalue weighted by molar-refractivity contribution is 5.91. The molecule has 5 atom stereocenters. The number of aliphatic hydroxyl groups excluding tert-OH is 1. The number of amides is 3. The first-order valence-corrected chi connectivity index (χ1v) is 12.5. The molecular formula is C25H41N3O7. The molecule has 10 heteroatoms. The largest absolute Gasteiger partial charge is 0.466 e. The molecule has 0 aromatic heterocycles. The lowest BCUT2D eigenvalue weighted by Gasteiger charge is -2.28. The number of β-amino-alcohol motifs (C(OH)–C–C–N with tert-alkyl or cyclic N) is 1. The minimum atomic E-state index is -0.897. The van der Waals surface area contributed by atoms with Gasteiger partial charge in [-0.2, -0.15) is 0 Å². The van der Waals surface area contributed by atoms with E-state index in [2.05, 4.69) is 17.5 Å². The van der Waals surface area contributed by atoms with E-state index in [1.165, 1.54) is 4.90 Å². The van der Waals surface area contributed by atoms with E-state index in [0.717, 1.165) is 25.7 Å². The number of hydrogen-bond acceptors (Lipinski definition) is 7. The highest BCUT2D eigenvalue weighted by Gasteiger charge is 2.42. The molecule has 0 bridgehead atoms. The van der Waals surface area contributed by atoms with Crippen LogP contribution in [0.4, 0.5) is 4.79 Å². The number of likely N-dealkylation sites (tertiary alicyclic amines) is 1. The highest BCUT2D eigenvalue weighted by atomic mass is 16.6. The fourth-order valence-corrected chi connectivity index (χ4v) is 4.24. The number of carbonyl (C=O) groups excluding carboxylic acids is 4. The summed E-state index contributed by atoms with van der Waals surface area (Å²) in [7, 11) is 0. The molecule has 2 aliphatic rings. The van der Waals surface area contributed by atoms with Crippen LogP contribution >= 0.6 is 0 Å². The summed E-state index contributed by atoms with van der Waals surface area (Å²) in [4.78, 5) is 50.2. The third-order valence-electron chi connectivity index (χ3n) is 6.06. The second-order valence-electron chi connectivity index (χ2n) is 10.3. The number of nitrogens with one attached hydrogen (secondary N) is 1. The Bertz CT molecular complexity index is 792. The quantitative estimate of drug-likeness (QED) is 0.213. The zero-order chi connectivity index (χ0) is 26.2. The second kappa shape index (κ2) is 12.9. The van der Waals surface area contributed by atoms with Crippen molar-refractivity contribution >= 4 is 23.9 Å². The number of ether oxygens (including phenoxy) is 2. The molecule has 3 amide bonds. The van der Waals surface area contributed by atoms with Crippen LogP contribution in [0, 0.1) is 11.8 Å². The SMILES string of the molecule is CCOC(=O)[C@H]1C[C@H]1/C=C\CCCCC[C@H](NC(=O)OC(C)(C)C)C(=O)N1C[C@H](O)C[C@H]1C(N)=O. The lowest BCUT2D eigenvalue weighted by molar-refractivity contribution is -0.144. The lowest BCUT2D eigenvalue weighted by Crippen LogP contribution is -2.53. The Labute approximate surface area is 207 Å². The van der Waals surface area contributed by atoms with Gasteiger partial charge in [0.2, 0.25) is 11.8 Å². The normalized spacial score (nSPS) is 24.8. The van der Waals surface area contributed by atoms with Crippen molar-refractivity contribution in [3.63, 3.8) is 0 Å². The highest BCUT2D eigenvalue weighted by Crippen LogP contribution is 2.40. The molecule has 2 fully saturated rings. The molecule has 35 heavy (non-hydrogen) atoms. The number of primary amides is 1. The third-order valence-corrected chi connectivity index (χ3v) is 6.06. The molecule has 0 aromatic rings. The predicted molar refractivity (Wildman–Crippen MR) is 129 cm³/mol. The topological polar surface area (TPSA) is 148 Å². The maximum Gasteiger partial charge on any atom is 0.408 e. The Morgan fingerprint density at radius 3 is 2.51 bits per heavy atom. The van der Waals surface area contributed by atoms with Crippen molar-refractivity contribution in [3.8, 4) is 0 Å². The average Bonchev–Trinajstić information content (AvgIpc) is 3.42. The summed E-state index contributed by atoms with van der Waals surface area (Å²) in [5, 5.41) is 12.6. The van der Waals surface area contributed by atoms with Gasteiger partial charge in [0.1, 0.15) is 17.7 Å². The standard InChI is InChI=1S/C25H41N3O7/c1-5-34-23(32)18-13-16(18)11-9-7-6-8-10-12-19(27-24(33)35-25(2,3)4)22(31)28-15-17(29)14-20(28)21(26)30/h9,11,16-20,29H,5-8,10,12-15H2,1-4H3,(H2,26,30)(H,27,33)/b11-9-/t16-,17-,18+,19+,20+/m1/s1. The molecule has 1 aliphatic carbocycles.